The van der Waals surface area contributed by atoms with Crippen LogP contribution in [0.3, 0.4) is 0 Å². The lowest BCUT2D eigenvalue weighted by molar-refractivity contribution is -0.274. The Hall–Kier alpha value is -4.34. The molecule has 33 heavy (non-hydrogen) atoms. The summed E-state index contributed by atoms with van der Waals surface area (Å²) in [6.07, 6.45) is -4.82. The molecule has 0 aliphatic heterocycles. The molecule has 0 saturated heterocycles. The van der Waals surface area contributed by atoms with Gasteiger partial charge in [0, 0.05) is 5.56 Å². The fourth-order valence-corrected chi connectivity index (χ4v) is 3.14. The zero-order chi connectivity index (χ0) is 23.6. The van der Waals surface area contributed by atoms with Crippen molar-refractivity contribution in [3.05, 3.63) is 83.9 Å². The summed E-state index contributed by atoms with van der Waals surface area (Å²) >= 11 is 0. The van der Waals surface area contributed by atoms with Gasteiger partial charge in [0.05, 0.1) is 11.3 Å². The number of aryl methyl sites for hydroxylation is 1. The van der Waals surface area contributed by atoms with Crippen LogP contribution in [0.25, 0.3) is 17.1 Å². The summed E-state index contributed by atoms with van der Waals surface area (Å²) in [6, 6.07) is 18.3. The van der Waals surface area contributed by atoms with Crippen LogP contribution in [0.2, 0.25) is 0 Å². The molecule has 0 unspecified atom stereocenters. The number of hydrogen-bond donors (Lipinski definition) is 2. The molecule has 2 N–H and O–H groups in total. The fourth-order valence-electron chi connectivity index (χ4n) is 3.14. The van der Waals surface area contributed by atoms with Gasteiger partial charge >= 0.3 is 6.36 Å². The normalized spacial score (nSPS) is 11.3. The molecule has 0 bridgehead atoms. The van der Waals surface area contributed by atoms with E-state index < -0.39 is 18.0 Å². The number of rotatable bonds is 5. The molecular weight excluding hydrogens is 437 g/mol. The average Bonchev–Trinajstić information content (AvgIpc) is 3.17. The van der Waals surface area contributed by atoms with E-state index in [0.717, 1.165) is 17.7 Å². The molecule has 0 fully saturated rings. The lowest BCUT2D eigenvalue weighted by Gasteiger charge is -2.11. The summed E-state index contributed by atoms with van der Waals surface area (Å²) in [5, 5.41) is 17.2. The molecular formula is C23H17F3N4O3. The molecule has 0 aliphatic carbocycles. The summed E-state index contributed by atoms with van der Waals surface area (Å²) < 4.78 is 42.6. The van der Waals surface area contributed by atoms with Gasteiger partial charge in [0.25, 0.3) is 5.91 Å². The Morgan fingerprint density at radius 3 is 2.33 bits per heavy atom. The lowest BCUT2D eigenvalue weighted by atomic mass is 10.1. The third kappa shape index (κ3) is 4.95. The van der Waals surface area contributed by atoms with E-state index in [1.165, 1.54) is 22.9 Å². The molecule has 1 aromatic heterocycles. The molecule has 4 aromatic rings. The van der Waals surface area contributed by atoms with Gasteiger partial charge in [0.1, 0.15) is 11.5 Å². The number of halogens is 3. The molecule has 4 rings (SSSR count). The summed E-state index contributed by atoms with van der Waals surface area (Å²) in [5.74, 6) is -0.782. The molecule has 0 atom stereocenters. The molecule has 1 amide bonds. The van der Waals surface area contributed by atoms with Crippen molar-refractivity contribution in [1.82, 2.24) is 14.8 Å². The maximum Gasteiger partial charge on any atom is 0.573 e. The Morgan fingerprint density at radius 1 is 1.00 bits per heavy atom. The second-order valence-electron chi connectivity index (χ2n) is 7.00. The highest BCUT2D eigenvalue weighted by Crippen LogP contribution is 2.29. The first-order valence-electron chi connectivity index (χ1n) is 9.70. The number of carbonyl (C=O) groups excluding carboxylic acids is 1. The second kappa shape index (κ2) is 8.65. The highest BCUT2D eigenvalue weighted by Gasteiger charge is 2.31. The van der Waals surface area contributed by atoms with E-state index >= 15 is 0 Å². The van der Waals surface area contributed by atoms with E-state index in [9.17, 15) is 23.1 Å². The minimum absolute atomic E-state index is 0.0194. The number of hydrogen-bond acceptors (Lipinski definition) is 5. The number of phenolic OH excluding ortho intramolecular Hbond substituents is 1. The van der Waals surface area contributed by atoms with E-state index in [2.05, 4.69) is 20.1 Å². The van der Waals surface area contributed by atoms with Crippen molar-refractivity contribution in [2.24, 2.45) is 0 Å². The van der Waals surface area contributed by atoms with Crippen LogP contribution in [0.1, 0.15) is 15.9 Å². The van der Waals surface area contributed by atoms with Crippen LogP contribution in [-0.2, 0) is 0 Å². The molecule has 10 heteroatoms. The summed E-state index contributed by atoms with van der Waals surface area (Å²) in [6.45, 7) is 1.78. The van der Waals surface area contributed by atoms with E-state index in [0.29, 0.717) is 16.8 Å². The highest BCUT2D eigenvalue weighted by atomic mass is 19.4. The maximum absolute atomic E-state index is 12.9. The van der Waals surface area contributed by atoms with Crippen LogP contribution in [0.15, 0.2) is 72.8 Å². The van der Waals surface area contributed by atoms with Gasteiger partial charge < -0.3 is 9.84 Å². The van der Waals surface area contributed by atoms with Gasteiger partial charge in [-0.3, -0.25) is 10.1 Å². The van der Waals surface area contributed by atoms with Crippen molar-refractivity contribution in [1.29, 1.82) is 0 Å². The Labute approximate surface area is 186 Å². The molecule has 3 aromatic carbocycles. The van der Waals surface area contributed by atoms with Gasteiger partial charge in [0.2, 0.25) is 5.95 Å². The number of para-hydroxylation sites is 1. The number of anilines is 1. The smallest absolute Gasteiger partial charge is 0.507 e. The van der Waals surface area contributed by atoms with Crippen molar-refractivity contribution in [2.45, 2.75) is 13.3 Å². The first-order chi connectivity index (χ1) is 15.7. The number of aromatic nitrogens is 3. The van der Waals surface area contributed by atoms with Gasteiger partial charge in [-0.15, -0.1) is 18.3 Å². The molecule has 0 spiro atoms. The number of carbonyl (C=O) groups is 1. The SMILES string of the molecule is Cc1ccccc1C(=O)Nc1nc(-c2ccccc2O)nn1-c1ccc(OC(F)(F)F)cc1. The number of phenols is 1. The van der Waals surface area contributed by atoms with E-state index in [1.807, 2.05) is 0 Å². The van der Waals surface area contributed by atoms with Gasteiger partial charge in [0.15, 0.2) is 5.82 Å². The Bertz CT molecular complexity index is 1300. The first kappa shape index (κ1) is 21.9. The Balaban J connectivity index is 1.74. The van der Waals surface area contributed by atoms with E-state index in [4.69, 9.17) is 0 Å². The van der Waals surface area contributed by atoms with Crippen molar-refractivity contribution in [3.63, 3.8) is 0 Å². The van der Waals surface area contributed by atoms with Crippen LogP contribution in [-0.4, -0.2) is 32.1 Å². The first-order valence-corrected chi connectivity index (χ1v) is 9.70. The van der Waals surface area contributed by atoms with Crippen molar-refractivity contribution < 1.29 is 27.8 Å². The van der Waals surface area contributed by atoms with Gasteiger partial charge in [-0.2, -0.15) is 9.67 Å². The van der Waals surface area contributed by atoms with Gasteiger partial charge in [-0.25, -0.2) is 0 Å². The van der Waals surface area contributed by atoms with Gasteiger partial charge in [-0.1, -0.05) is 30.3 Å². The number of ether oxygens (including phenoxy) is 1. The maximum atomic E-state index is 12.9. The number of nitrogens with one attached hydrogen (secondary N) is 1. The third-order valence-corrected chi connectivity index (χ3v) is 4.68. The van der Waals surface area contributed by atoms with Gasteiger partial charge in [-0.05, 0) is 55.0 Å². The fraction of sp³-hybridized carbons (Fsp3) is 0.0870. The number of benzene rings is 3. The number of amides is 1. The van der Waals surface area contributed by atoms with Crippen LogP contribution in [0.4, 0.5) is 19.1 Å². The van der Waals surface area contributed by atoms with Crippen LogP contribution >= 0.6 is 0 Å². The van der Waals surface area contributed by atoms with Crippen molar-refractivity contribution in [3.8, 4) is 28.6 Å². The lowest BCUT2D eigenvalue weighted by Crippen LogP contribution is -2.17. The summed E-state index contributed by atoms with van der Waals surface area (Å²) in [7, 11) is 0. The Morgan fingerprint density at radius 2 is 1.67 bits per heavy atom. The minimum atomic E-state index is -4.82. The minimum Gasteiger partial charge on any atom is -0.507 e. The monoisotopic (exact) mass is 454 g/mol. The van der Waals surface area contributed by atoms with E-state index in [-0.39, 0.29) is 17.5 Å². The second-order valence-corrected chi connectivity index (χ2v) is 7.00. The molecule has 7 nitrogen and oxygen atoms in total. The number of nitrogens with zero attached hydrogens (tertiary/aromatic N) is 3. The van der Waals surface area contributed by atoms with Crippen molar-refractivity contribution >= 4 is 11.9 Å². The van der Waals surface area contributed by atoms with Crippen LogP contribution in [0.5, 0.6) is 11.5 Å². The molecule has 0 aliphatic rings. The summed E-state index contributed by atoms with van der Waals surface area (Å²) in [4.78, 5) is 17.2. The molecule has 0 radical (unpaired) electrons. The van der Waals surface area contributed by atoms with Crippen LogP contribution in [0, 0.1) is 6.92 Å². The Kier molecular flexibility index (Phi) is 5.74. The molecule has 168 valence electrons. The number of alkyl halides is 3. The zero-order valence-corrected chi connectivity index (χ0v) is 17.2. The molecule has 1 heterocycles. The quantitative estimate of drug-likeness (QED) is 0.438. The largest absolute Gasteiger partial charge is 0.573 e. The standard InChI is InChI=1S/C23H17F3N4O3/c1-14-6-2-3-7-17(14)21(32)28-22-27-20(18-8-4-5-9-19(18)31)29-30(22)15-10-12-16(13-11-15)33-23(24,25)26/h2-13,31H,1H3,(H,27,28,29,32). The zero-order valence-electron chi connectivity index (χ0n) is 17.2. The van der Waals surface area contributed by atoms with Crippen molar-refractivity contribution in [2.75, 3.05) is 5.32 Å². The number of aromatic hydroxyl groups is 1. The van der Waals surface area contributed by atoms with E-state index in [1.54, 1.807) is 49.4 Å². The highest BCUT2D eigenvalue weighted by molar-refractivity contribution is 6.04. The molecule has 0 saturated carbocycles. The topological polar surface area (TPSA) is 89.3 Å². The summed E-state index contributed by atoms with van der Waals surface area (Å²) in [5.41, 5.74) is 1.80. The predicted octanol–water partition coefficient (Wildman–Crippen LogP) is 5.10. The predicted molar refractivity (Wildman–Crippen MR) is 114 cm³/mol. The van der Waals surface area contributed by atoms with Crippen LogP contribution < -0.4 is 10.1 Å². The average molecular weight is 454 g/mol. The third-order valence-electron chi connectivity index (χ3n) is 4.68.